The molecule has 0 radical (unpaired) electrons. The van der Waals surface area contributed by atoms with E-state index in [0.29, 0.717) is 11.6 Å². The second kappa shape index (κ2) is 9.95. The van der Waals surface area contributed by atoms with Gasteiger partial charge in [0.1, 0.15) is 29.5 Å². The Balaban J connectivity index is 1.78. The second-order valence-corrected chi connectivity index (χ2v) is 8.84. The van der Waals surface area contributed by atoms with E-state index in [9.17, 15) is 21.6 Å². The second-order valence-electron chi connectivity index (χ2n) is 6.47. The zero-order valence-electron chi connectivity index (χ0n) is 16.4. The van der Waals surface area contributed by atoms with E-state index in [1.54, 1.807) is 0 Å². The number of halogens is 5. The third-order valence-corrected chi connectivity index (χ3v) is 5.57. The van der Waals surface area contributed by atoms with Crippen LogP contribution < -0.4 is 20.5 Å². The Kier molecular flexibility index (Phi) is 7.47. The Hall–Kier alpha value is -2.87. The predicted octanol–water partition coefficient (Wildman–Crippen LogP) is 4.12. The normalized spacial score (nSPS) is 11.8. The Bertz CT molecular complexity index is 1260. The summed E-state index contributed by atoms with van der Waals surface area (Å²) in [4.78, 5) is 11.8. The number of nitrogens with two attached hydrogens (primary N) is 1. The van der Waals surface area contributed by atoms with Crippen LogP contribution in [-0.4, -0.2) is 36.2 Å². The Morgan fingerprint density at radius 2 is 1.70 bits per heavy atom. The van der Waals surface area contributed by atoms with Gasteiger partial charge < -0.3 is 15.4 Å². The van der Waals surface area contributed by atoms with Crippen molar-refractivity contribution in [3.05, 3.63) is 58.5 Å². The molecule has 9 nitrogen and oxygen atoms in total. The van der Waals surface area contributed by atoms with Crippen LogP contribution in [0.25, 0.3) is 0 Å². The number of primary sulfonamides is 1. The van der Waals surface area contributed by atoms with Gasteiger partial charge in [0.15, 0.2) is 6.61 Å². The number of rotatable bonds is 8. The molecule has 3 rings (SSSR count). The quantitative estimate of drug-likeness (QED) is 0.402. The van der Waals surface area contributed by atoms with E-state index >= 15 is 0 Å². The maximum atomic E-state index is 12.6. The fourth-order valence-electron chi connectivity index (χ4n) is 2.49. The van der Waals surface area contributed by atoms with Crippen molar-refractivity contribution in [1.82, 2.24) is 15.0 Å². The summed E-state index contributed by atoms with van der Waals surface area (Å²) in [6.07, 6.45) is -1.99. The summed E-state index contributed by atoms with van der Waals surface area (Å²) < 4.78 is 65.8. The maximum Gasteiger partial charge on any atom is 0.422 e. The van der Waals surface area contributed by atoms with Crippen molar-refractivity contribution >= 4 is 50.7 Å². The molecular weight excluding hydrogens is 508 g/mol. The lowest BCUT2D eigenvalue weighted by Crippen LogP contribution is -2.20. The van der Waals surface area contributed by atoms with Crippen molar-refractivity contribution in [2.45, 2.75) is 17.6 Å². The minimum atomic E-state index is -4.57. The average Bonchev–Trinajstić information content (AvgIpc) is 2.73. The average molecular weight is 523 g/mol. The fraction of sp³-hybridized carbons (Fsp3) is 0.167. The number of anilines is 3. The fourth-order valence-corrected chi connectivity index (χ4v) is 3.31. The number of benzene rings is 1. The number of aromatic nitrogens is 3. The number of hydrogen-bond donors (Lipinski definition) is 3. The van der Waals surface area contributed by atoms with Gasteiger partial charge in [-0.05, 0) is 18.2 Å². The molecule has 33 heavy (non-hydrogen) atoms. The molecule has 0 aliphatic carbocycles. The molecule has 0 atom stereocenters. The number of hydrogen-bond acceptors (Lipinski definition) is 8. The first-order valence-electron chi connectivity index (χ1n) is 8.90. The molecule has 0 saturated carbocycles. The smallest absolute Gasteiger partial charge is 0.422 e. The van der Waals surface area contributed by atoms with Crippen LogP contribution in [0.15, 0.2) is 47.8 Å². The van der Waals surface area contributed by atoms with Crippen LogP contribution in [0.2, 0.25) is 10.0 Å². The van der Waals surface area contributed by atoms with Crippen molar-refractivity contribution in [3.8, 4) is 5.75 Å². The Morgan fingerprint density at radius 3 is 2.36 bits per heavy atom. The van der Waals surface area contributed by atoms with E-state index in [0.717, 1.165) is 18.2 Å². The lowest BCUT2D eigenvalue weighted by atomic mass is 10.2. The van der Waals surface area contributed by atoms with Crippen LogP contribution in [0, 0.1) is 0 Å². The Morgan fingerprint density at radius 1 is 1.00 bits per heavy atom. The van der Waals surface area contributed by atoms with E-state index in [1.807, 2.05) is 0 Å². The third kappa shape index (κ3) is 7.32. The molecule has 2 heterocycles. The largest absolute Gasteiger partial charge is 0.484 e. The van der Waals surface area contributed by atoms with Crippen LogP contribution in [0.5, 0.6) is 5.75 Å². The van der Waals surface area contributed by atoms with Crippen LogP contribution in [-0.2, 0) is 16.6 Å². The number of nitrogens with one attached hydrogen (secondary N) is 2. The molecule has 0 unspecified atom stereocenters. The van der Waals surface area contributed by atoms with Gasteiger partial charge in [-0.3, -0.25) is 0 Å². The van der Waals surface area contributed by atoms with Gasteiger partial charge in [0, 0.05) is 30.4 Å². The van der Waals surface area contributed by atoms with Gasteiger partial charge in [-0.2, -0.15) is 13.2 Å². The SMILES string of the molecule is NS(=O)(=O)c1ccc(OCC(F)(F)F)c(CNc2cc(Nc3cc(Cl)c(Cl)cn3)ncn2)c1. The molecule has 0 amide bonds. The van der Waals surface area contributed by atoms with Gasteiger partial charge in [-0.15, -0.1) is 0 Å². The summed E-state index contributed by atoms with van der Waals surface area (Å²) >= 11 is 11.8. The van der Waals surface area contributed by atoms with Crippen molar-refractivity contribution in [3.63, 3.8) is 0 Å². The van der Waals surface area contributed by atoms with Crippen LogP contribution in [0.1, 0.15) is 5.56 Å². The highest BCUT2D eigenvalue weighted by molar-refractivity contribution is 7.89. The first kappa shape index (κ1) is 24.8. The van der Waals surface area contributed by atoms with Crippen molar-refractivity contribution in [2.75, 3.05) is 17.2 Å². The zero-order chi connectivity index (χ0) is 24.2. The lowest BCUT2D eigenvalue weighted by molar-refractivity contribution is -0.153. The van der Waals surface area contributed by atoms with Gasteiger partial charge >= 0.3 is 6.18 Å². The molecule has 0 fully saturated rings. The molecular formula is C18H15Cl2F3N6O3S. The lowest BCUT2D eigenvalue weighted by Gasteiger charge is -2.15. The first-order chi connectivity index (χ1) is 15.4. The molecule has 3 aromatic rings. The van der Waals surface area contributed by atoms with Crippen molar-refractivity contribution in [1.29, 1.82) is 0 Å². The maximum absolute atomic E-state index is 12.6. The summed E-state index contributed by atoms with van der Waals surface area (Å²) in [6.45, 7) is -1.68. The first-order valence-corrected chi connectivity index (χ1v) is 11.2. The summed E-state index contributed by atoms with van der Waals surface area (Å²) in [6, 6.07) is 6.26. The monoisotopic (exact) mass is 522 g/mol. The van der Waals surface area contributed by atoms with Gasteiger partial charge in [0.25, 0.3) is 0 Å². The van der Waals surface area contributed by atoms with Gasteiger partial charge in [0.2, 0.25) is 10.0 Å². The van der Waals surface area contributed by atoms with E-state index in [-0.39, 0.29) is 38.6 Å². The van der Waals surface area contributed by atoms with Crippen molar-refractivity contribution in [2.24, 2.45) is 5.14 Å². The third-order valence-electron chi connectivity index (χ3n) is 3.94. The standard InChI is InChI=1S/C18H15Cl2F3N6O3S/c19-12-4-16(26-7-13(12)20)29-17-5-15(27-9-28-17)25-6-10-3-11(33(24,30)31)1-2-14(10)32-8-18(21,22)23/h1-5,7,9H,6,8H2,(H2,24,30,31)(H2,25,26,27,28,29). The minimum absolute atomic E-state index is 0.116. The van der Waals surface area contributed by atoms with Gasteiger partial charge in [0.05, 0.1) is 14.9 Å². The summed E-state index contributed by atoms with van der Waals surface area (Å²) in [5.41, 5.74) is 0.116. The number of ether oxygens (including phenoxy) is 1. The highest BCUT2D eigenvalue weighted by atomic mass is 35.5. The highest BCUT2D eigenvalue weighted by Gasteiger charge is 2.29. The zero-order valence-corrected chi connectivity index (χ0v) is 18.7. The molecule has 0 aliphatic heterocycles. The van der Waals surface area contributed by atoms with Gasteiger partial charge in [-0.25, -0.2) is 28.5 Å². The molecule has 2 aromatic heterocycles. The summed E-state index contributed by atoms with van der Waals surface area (Å²) in [7, 11) is -4.08. The molecule has 0 spiro atoms. The van der Waals surface area contributed by atoms with Crippen LogP contribution in [0.3, 0.4) is 0 Å². The molecule has 1 aromatic carbocycles. The molecule has 0 bridgehead atoms. The molecule has 4 N–H and O–H groups in total. The summed E-state index contributed by atoms with van der Waals surface area (Å²) in [5.74, 6) is 0.790. The van der Waals surface area contributed by atoms with Crippen LogP contribution in [0.4, 0.5) is 30.6 Å². The number of alkyl halides is 3. The van der Waals surface area contributed by atoms with Crippen LogP contribution >= 0.6 is 23.2 Å². The van der Waals surface area contributed by atoms with E-state index in [4.69, 9.17) is 33.1 Å². The van der Waals surface area contributed by atoms with E-state index < -0.39 is 22.8 Å². The highest BCUT2D eigenvalue weighted by Crippen LogP contribution is 2.27. The van der Waals surface area contributed by atoms with E-state index in [2.05, 4.69) is 25.6 Å². The topological polar surface area (TPSA) is 132 Å². The number of sulfonamides is 1. The number of pyridine rings is 1. The summed E-state index contributed by atoms with van der Waals surface area (Å²) in [5, 5.41) is 11.4. The van der Waals surface area contributed by atoms with Gasteiger partial charge in [-0.1, -0.05) is 23.2 Å². The molecule has 0 aliphatic rings. The van der Waals surface area contributed by atoms with E-state index in [1.165, 1.54) is 24.7 Å². The molecule has 0 saturated heterocycles. The minimum Gasteiger partial charge on any atom is -0.484 e. The predicted molar refractivity (Wildman–Crippen MR) is 116 cm³/mol. The van der Waals surface area contributed by atoms with Crippen molar-refractivity contribution < 1.29 is 26.3 Å². The Labute approximate surface area is 196 Å². The molecule has 176 valence electrons. The number of nitrogens with zero attached hydrogens (tertiary/aromatic N) is 3. The molecule has 15 heteroatoms.